The third-order valence-corrected chi connectivity index (χ3v) is 5.91. The summed E-state index contributed by atoms with van der Waals surface area (Å²) in [5.74, 6) is -0.262. The summed E-state index contributed by atoms with van der Waals surface area (Å²) >= 11 is -4.96. The molecular weight excluding hydrogens is 277 g/mol. The number of amides is 1. The molecular formula is C9H16AsNO5. The molecule has 1 rings (SSSR count). The molecule has 1 aliphatic carbocycles. The SMILES string of the molecule is CC(=O)NC1=CC(C)(O)C([As](=O)(O)O)CC1. The summed E-state index contributed by atoms with van der Waals surface area (Å²) in [4.78, 5) is 10.8. The number of aliphatic hydroxyl groups is 1. The number of allylic oxidation sites excluding steroid dienone is 1. The van der Waals surface area contributed by atoms with E-state index in [4.69, 9.17) is 8.19 Å². The molecule has 0 aromatic carbocycles. The maximum absolute atomic E-state index is 11.2. The molecule has 0 saturated carbocycles. The molecule has 16 heavy (non-hydrogen) atoms. The van der Waals surface area contributed by atoms with Crippen LogP contribution in [0.5, 0.6) is 0 Å². The molecule has 1 amide bonds. The molecule has 1 aliphatic rings. The van der Waals surface area contributed by atoms with Crippen LogP contribution >= 0.6 is 0 Å². The van der Waals surface area contributed by atoms with Gasteiger partial charge in [0.05, 0.1) is 0 Å². The normalized spacial score (nSPS) is 30.8. The van der Waals surface area contributed by atoms with Gasteiger partial charge in [0.15, 0.2) is 0 Å². The van der Waals surface area contributed by atoms with Gasteiger partial charge in [-0.15, -0.1) is 0 Å². The Morgan fingerprint density at radius 1 is 1.62 bits per heavy atom. The van der Waals surface area contributed by atoms with Crippen LogP contribution in [0.2, 0.25) is 4.71 Å². The first-order chi connectivity index (χ1) is 7.13. The van der Waals surface area contributed by atoms with Crippen molar-refractivity contribution >= 4 is 20.1 Å². The standard InChI is InChI=1S/C9H16AsNO5/c1-6(12)11-7-3-4-8(10(14,15)16)9(2,13)5-7/h5,8,13H,3-4H2,1-2H3,(H,11,12)(H2,14,15,16). The first kappa shape index (κ1) is 13.5. The molecule has 2 atom stereocenters. The monoisotopic (exact) mass is 293 g/mol. The van der Waals surface area contributed by atoms with Gasteiger partial charge in [0.1, 0.15) is 0 Å². The molecule has 2 unspecified atom stereocenters. The van der Waals surface area contributed by atoms with E-state index in [-0.39, 0.29) is 12.3 Å². The number of carbonyl (C=O) groups is 1. The number of rotatable bonds is 2. The Bertz CT molecular complexity index is 370. The van der Waals surface area contributed by atoms with Crippen molar-refractivity contribution in [2.24, 2.45) is 0 Å². The molecule has 0 bridgehead atoms. The second-order valence-electron chi connectivity index (χ2n) is 4.22. The summed E-state index contributed by atoms with van der Waals surface area (Å²) in [6, 6.07) is 0. The van der Waals surface area contributed by atoms with Crippen molar-refractivity contribution < 1.29 is 21.8 Å². The van der Waals surface area contributed by atoms with Gasteiger partial charge in [0.25, 0.3) is 0 Å². The minimum absolute atomic E-state index is 0.169. The molecule has 0 heterocycles. The first-order valence-corrected chi connectivity index (χ1v) is 8.42. The number of carbonyl (C=O) groups excluding carboxylic acids is 1. The van der Waals surface area contributed by atoms with Crippen LogP contribution in [0, 0.1) is 0 Å². The Morgan fingerprint density at radius 2 is 2.19 bits per heavy atom. The van der Waals surface area contributed by atoms with Gasteiger partial charge in [-0.1, -0.05) is 0 Å². The quantitative estimate of drug-likeness (QED) is 0.502. The van der Waals surface area contributed by atoms with Gasteiger partial charge in [-0.25, -0.2) is 0 Å². The molecule has 0 fully saturated rings. The van der Waals surface area contributed by atoms with E-state index in [0.29, 0.717) is 12.1 Å². The van der Waals surface area contributed by atoms with Gasteiger partial charge in [0, 0.05) is 0 Å². The van der Waals surface area contributed by atoms with E-state index in [2.05, 4.69) is 5.32 Å². The zero-order valence-corrected chi connectivity index (χ0v) is 11.1. The predicted octanol–water partition coefficient (Wildman–Crippen LogP) is -0.725. The van der Waals surface area contributed by atoms with Crippen molar-refractivity contribution in [3.05, 3.63) is 11.8 Å². The zero-order chi connectivity index (χ0) is 12.6. The fourth-order valence-electron chi connectivity index (χ4n) is 1.94. The van der Waals surface area contributed by atoms with Crippen molar-refractivity contribution in [1.29, 1.82) is 0 Å². The Kier molecular flexibility index (Phi) is 3.69. The molecule has 6 nitrogen and oxygen atoms in total. The van der Waals surface area contributed by atoms with Crippen molar-refractivity contribution in [2.45, 2.75) is 37.0 Å². The summed E-state index contributed by atoms with van der Waals surface area (Å²) in [5.41, 5.74) is -1.06. The summed E-state index contributed by atoms with van der Waals surface area (Å²) in [5, 5.41) is 12.5. The predicted molar refractivity (Wildman–Crippen MR) is 56.4 cm³/mol. The molecule has 7 heteroatoms. The third kappa shape index (κ3) is 3.22. The second-order valence-corrected chi connectivity index (χ2v) is 8.00. The Morgan fingerprint density at radius 3 is 2.56 bits per heavy atom. The molecule has 0 saturated heterocycles. The van der Waals surface area contributed by atoms with Crippen molar-refractivity contribution in [1.82, 2.24) is 5.32 Å². The van der Waals surface area contributed by atoms with E-state index < -0.39 is 24.5 Å². The van der Waals surface area contributed by atoms with E-state index in [9.17, 15) is 13.6 Å². The van der Waals surface area contributed by atoms with Gasteiger partial charge in [-0.3, -0.25) is 0 Å². The Balaban J connectivity index is 2.93. The van der Waals surface area contributed by atoms with Crippen molar-refractivity contribution in [3.8, 4) is 0 Å². The van der Waals surface area contributed by atoms with Crippen molar-refractivity contribution in [3.63, 3.8) is 0 Å². The van der Waals surface area contributed by atoms with Crippen LogP contribution in [0.1, 0.15) is 26.7 Å². The minimum atomic E-state index is -4.96. The molecule has 0 aromatic rings. The van der Waals surface area contributed by atoms with E-state index >= 15 is 0 Å². The van der Waals surface area contributed by atoms with Gasteiger partial charge >= 0.3 is 96.0 Å². The van der Waals surface area contributed by atoms with Crippen LogP contribution in [0.25, 0.3) is 0 Å². The molecule has 0 aromatic heterocycles. The summed E-state index contributed by atoms with van der Waals surface area (Å²) in [6.07, 6.45) is 1.85. The third-order valence-electron chi connectivity index (χ3n) is 2.57. The Hall–Kier alpha value is -0.552. The van der Waals surface area contributed by atoms with Gasteiger partial charge in [-0.05, 0) is 0 Å². The van der Waals surface area contributed by atoms with Gasteiger partial charge in [0.2, 0.25) is 0 Å². The maximum atomic E-state index is 11.2. The fraction of sp³-hybridized carbons (Fsp3) is 0.667. The molecule has 0 spiro atoms. The van der Waals surface area contributed by atoms with Gasteiger partial charge < -0.3 is 0 Å². The Labute approximate surface area is 96.4 Å². The molecule has 4 N–H and O–H groups in total. The summed E-state index contributed by atoms with van der Waals surface area (Å²) in [6.45, 7) is 2.69. The van der Waals surface area contributed by atoms with E-state index in [1.165, 1.54) is 19.9 Å². The van der Waals surface area contributed by atoms with Crippen LogP contribution in [-0.2, 0) is 8.53 Å². The summed E-state index contributed by atoms with van der Waals surface area (Å²) < 4.78 is 28.4. The van der Waals surface area contributed by atoms with Crippen LogP contribution < -0.4 is 5.32 Å². The molecule has 0 radical (unpaired) electrons. The number of hydrogen-bond acceptors (Lipinski definition) is 3. The fourth-order valence-corrected chi connectivity index (χ4v) is 4.50. The van der Waals surface area contributed by atoms with Crippen molar-refractivity contribution in [2.75, 3.05) is 0 Å². The van der Waals surface area contributed by atoms with Crippen LogP contribution in [0.15, 0.2) is 11.8 Å². The molecule has 92 valence electrons. The average Bonchev–Trinajstić information content (AvgIpc) is 1.97. The number of nitrogens with one attached hydrogen (secondary N) is 1. The van der Waals surface area contributed by atoms with Gasteiger partial charge in [-0.2, -0.15) is 0 Å². The van der Waals surface area contributed by atoms with E-state index in [1.807, 2.05) is 0 Å². The van der Waals surface area contributed by atoms with Crippen LogP contribution in [0.4, 0.5) is 0 Å². The first-order valence-electron chi connectivity index (χ1n) is 4.90. The van der Waals surface area contributed by atoms with E-state index in [0.717, 1.165) is 0 Å². The van der Waals surface area contributed by atoms with Crippen LogP contribution in [-0.4, -0.2) is 39.0 Å². The summed E-state index contributed by atoms with van der Waals surface area (Å²) in [7, 11) is 0. The topological polar surface area (TPSA) is 107 Å². The number of hydrogen-bond donors (Lipinski definition) is 4. The van der Waals surface area contributed by atoms with E-state index in [1.54, 1.807) is 0 Å². The molecule has 0 aliphatic heterocycles. The zero-order valence-electron chi connectivity index (χ0n) is 9.17. The average molecular weight is 293 g/mol. The second kappa shape index (κ2) is 4.37. The van der Waals surface area contributed by atoms with Crippen LogP contribution in [0.3, 0.4) is 0 Å².